The van der Waals surface area contributed by atoms with Crippen molar-refractivity contribution in [2.75, 3.05) is 0 Å². The van der Waals surface area contributed by atoms with Crippen molar-refractivity contribution in [3.05, 3.63) is 35.9 Å². The molecule has 10 nitrogen and oxygen atoms in total. The maximum Gasteiger partial charge on any atom is 0.417 e. The highest BCUT2D eigenvalue weighted by Gasteiger charge is 2.42. The van der Waals surface area contributed by atoms with Crippen molar-refractivity contribution in [2.24, 2.45) is 17.6 Å². The van der Waals surface area contributed by atoms with Crippen LogP contribution in [0.4, 0.5) is 4.79 Å². The summed E-state index contributed by atoms with van der Waals surface area (Å²) in [4.78, 5) is 63.3. The Kier molecular flexibility index (Phi) is 9.58. The van der Waals surface area contributed by atoms with Crippen LogP contribution in [0, 0.1) is 11.8 Å². The number of carbonyl (C=O) groups excluding carboxylic acids is 5. The van der Waals surface area contributed by atoms with Crippen molar-refractivity contribution >= 4 is 29.7 Å². The van der Waals surface area contributed by atoms with Crippen LogP contribution in [-0.4, -0.2) is 52.7 Å². The zero-order valence-corrected chi connectivity index (χ0v) is 20.1. The third kappa shape index (κ3) is 7.29. The van der Waals surface area contributed by atoms with Gasteiger partial charge < -0.3 is 21.1 Å². The predicted octanol–water partition coefficient (Wildman–Crippen LogP) is 1.47. The Hall–Kier alpha value is -3.43. The van der Waals surface area contributed by atoms with Crippen LogP contribution in [0.5, 0.6) is 0 Å². The molecular weight excluding hydrogens is 440 g/mol. The van der Waals surface area contributed by atoms with Gasteiger partial charge in [-0.05, 0) is 30.2 Å². The molecule has 2 rings (SSSR count). The second-order valence-corrected chi connectivity index (χ2v) is 9.18. The van der Waals surface area contributed by atoms with Gasteiger partial charge in [-0.2, -0.15) is 0 Å². The van der Waals surface area contributed by atoms with Gasteiger partial charge in [0.05, 0.1) is 0 Å². The number of nitrogens with zero attached hydrogens (tertiary/aromatic N) is 1. The molecule has 1 aliphatic rings. The number of hydrogen-bond acceptors (Lipinski definition) is 6. The summed E-state index contributed by atoms with van der Waals surface area (Å²) >= 11 is 0. The fourth-order valence-electron chi connectivity index (χ4n) is 3.71. The number of ether oxygens (including phenoxy) is 1. The monoisotopic (exact) mass is 474 g/mol. The Morgan fingerprint density at radius 3 is 2.29 bits per heavy atom. The summed E-state index contributed by atoms with van der Waals surface area (Å²) in [6.45, 7) is 7.22. The molecule has 0 aliphatic carbocycles. The Labute approximate surface area is 199 Å². The Bertz CT molecular complexity index is 902. The van der Waals surface area contributed by atoms with Crippen LogP contribution < -0.4 is 16.4 Å². The standard InChI is InChI=1S/C24H34N4O6/c1-14(2)12-17(21(25)30)26-23(32)20(15(3)4)27-22(31)18-10-11-19(29)28(18)24(33)34-13-16-8-6-5-7-9-16/h5-9,14-15,17-18,20H,10-13H2,1-4H3,(H2,25,30)(H,26,32)(H,27,31)/t17-,18-,20+/m0/s1. The number of benzene rings is 1. The van der Waals surface area contributed by atoms with Gasteiger partial charge in [0.1, 0.15) is 24.7 Å². The lowest BCUT2D eigenvalue weighted by Crippen LogP contribution is -2.58. The van der Waals surface area contributed by atoms with Crippen LogP contribution in [0.3, 0.4) is 0 Å². The van der Waals surface area contributed by atoms with Crippen LogP contribution in [0.2, 0.25) is 0 Å². The van der Waals surface area contributed by atoms with Gasteiger partial charge in [-0.1, -0.05) is 58.0 Å². The van der Waals surface area contributed by atoms with Crippen molar-refractivity contribution < 1.29 is 28.7 Å². The Morgan fingerprint density at radius 1 is 1.09 bits per heavy atom. The van der Waals surface area contributed by atoms with Crippen LogP contribution in [-0.2, 0) is 30.5 Å². The summed E-state index contributed by atoms with van der Waals surface area (Å²) < 4.78 is 5.23. The molecule has 0 saturated carbocycles. The molecule has 1 aromatic carbocycles. The van der Waals surface area contributed by atoms with Gasteiger partial charge in [-0.25, -0.2) is 9.69 Å². The van der Waals surface area contributed by atoms with Gasteiger partial charge in [-0.15, -0.1) is 0 Å². The van der Waals surface area contributed by atoms with Crippen LogP contribution >= 0.6 is 0 Å². The lowest BCUT2D eigenvalue weighted by atomic mass is 9.99. The minimum absolute atomic E-state index is 0.00913. The summed E-state index contributed by atoms with van der Waals surface area (Å²) in [7, 11) is 0. The lowest BCUT2D eigenvalue weighted by molar-refractivity contribution is -0.136. The fraction of sp³-hybridized carbons (Fsp3) is 0.542. The molecule has 34 heavy (non-hydrogen) atoms. The van der Waals surface area contributed by atoms with Crippen molar-refractivity contribution in [3.8, 4) is 0 Å². The SMILES string of the molecule is CC(C)C[C@H](NC(=O)[C@H](NC(=O)[C@@H]1CCC(=O)N1C(=O)OCc1ccccc1)C(C)C)C(N)=O. The van der Waals surface area contributed by atoms with E-state index in [0.29, 0.717) is 6.42 Å². The van der Waals surface area contributed by atoms with Gasteiger partial charge in [0.2, 0.25) is 23.6 Å². The van der Waals surface area contributed by atoms with Gasteiger partial charge in [0.25, 0.3) is 0 Å². The van der Waals surface area contributed by atoms with E-state index >= 15 is 0 Å². The number of amides is 5. The highest BCUT2D eigenvalue weighted by molar-refractivity contribution is 6.01. The summed E-state index contributed by atoms with van der Waals surface area (Å²) in [5.41, 5.74) is 6.15. The molecule has 0 aromatic heterocycles. The number of likely N-dealkylation sites (tertiary alicyclic amines) is 1. The summed E-state index contributed by atoms with van der Waals surface area (Å²) in [6, 6.07) is 6.01. The first-order chi connectivity index (χ1) is 16.0. The smallest absolute Gasteiger partial charge is 0.417 e. The van der Waals surface area contributed by atoms with Gasteiger partial charge in [0.15, 0.2) is 0 Å². The highest BCUT2D eigenvalue weighted by Crippen LogP contribution is 2.21. The average molecular weight is 475 g/mol. The van der Waals surface area contributed by atoms with E-state index in [9.17, 15) is 24.0 Å². The third-order valence-electron chi connectivity index (χ3n) is 5.53. The van der Waals surface area contributed by atoms with E-state index in [4.69, 9.17) is 10.5 Å². The van der Waals surface area contributed by atoms with Crippen molar-refractivity contribution in [2.45, 2.75) is 71.7 Å². The number of hydrogen-bond donors (Lipinski definition) is 3. The zero-order valence-electron chi connectivity index (χ0n) is 20.1. The van der Waals surface area contributed by atoms with E-state index in [1.165, 1.54) is 0 Å². The minimum atomic E-state index is -1.09. The average Bonchev–Trinajstić information content (AvgIpc) is 3.16. The number of nitrogens with two attached hydrogens (primary N) is 1. The molecule has 1 aromatic rings. The molecule has 1 aliphatic heterocycles. The van der Waals surface area contributed by atoms with Crippen LogP contribution in [0.25, 0.3) is 0 Å². The molecule has 1 fully saturated rings. The first kappa shape index (κ1) is 26.8. The number of primary amides is 1. The second kappa shape index (κ2) is 12.2. The van der Waals surface area contributed by atoms with Gasteiger partial charge >= 0.3 is 6.09 Å². The quantitative estimate of drug-likeness (QED) is 0.468. The molecule has 0 bridgehead atoms. The number of imide groups is 1. The van der Waals surface area contributed by atoms with E-state index in [0.717, 1.165) is 10.5 Å². The van der Waals surface area contributed by atoms with E-state index in [1.54, 1.807) is 38.1 Å². The molecule has 4 N–H and O–H groups in total. The summed E-state index contributed by atoms with van der Waals surface area (Å²) in [5.74, 6) is -2.60. The molecule has 1 saturated heterocycles. The number of rotatable bonds is 10. The van der Waals surface area contributed by atoms with E-state index in [1.807, 2.05) is 19.9 Å². The highest BCUT2D eigenvalue weighted by atomic mass is 16.6. The third-order valence-corrected chi connectivity index (χ3v) is 5.53. The first-order valence-corrected chi connectivity index (χ1v) is 11.4. The molecule has 1 heterocycles. The van der Waals surface area contributed by atoms with Crippen molar-refractivity contribution in [3.63, 3.8) is 0 Å². The zero-order chi connectivity index (χ0) is 25.4. The summed E-state index contributed by atoms with van der Waals surface area (Å²) in [5, 5.41) is 5.24. The Morgan fingerprint density at radius 2 is 1.74 bits per heavy atom. The maximum absolute atomic E-state index is 13.0. The molecular formula is C24H34N4O6. The van der Waals surface area contributed by atoms with E-state index in [2.05, 4.69) is 10.6 Å². The number of carbonyl (C=O) groups is 5. The number of nitrogens with one attached hydrogen (secondary N) is 2. The molecule has 5 amide bonds. The molecule has 0 radical (unpaired) electrons. The molecule has 186 valence electrons. The first-order valence-electron chi connectivity index (χ1n) is 11.4. The van der Waals surface area contributed by atoms with Crippen molar-refractivity contribution in [1.29, 1.82) is 0 Å². The molecule has 10 heteroatoms. The van der Waals surface area contributed by atoms with E-state index in [-0.39, 0.29) is 31.3 Å². The van der Waals surface area contributed by atoms with E-state index < -0.39 is 47.8 Å². The molecule has 0 spiro atoms. The second-order valence-electron chi connectivity index (χ2n) is 9.18. The largest absolute Gasteiger partial charge is 0.444 e. The lowest BCUT2D eigenvalue weighted by Gasteiger charge is -2.28. The molecule has 3 atom stereocenters. The normalized spacial score (nSPS) is 17.4. The predicted molar refractivity (Wildman–Crippen MR) is 124 cm³/mol. The van der Waals surface area contributed by atoms with Crippen molar-refractivity contribution in [1.82, 2.24) is 15.5 Å². The summed E-state index contributed by atoms with van der Waals surface area (Å²) in [6.07, 6.45) is -0.426. The Balaban J connectivity index is 2.06. The van der Waals surface area contributed by atoms with Crippen LogP contribution in [0.15, 0.2) is 30.3 Å². The van der Waals surface area contributed by atoms with Gasteiger partial charge in [-0.3, -0.25) is 19.2 Å². The minimum Gasteiger partial charge on any atom is -0.444 e. The van der Waals surface area contributed by atoms with Crippen LogP contribution in [0.1, 0.15) is 52.5 Å². The molecule has 0 unspecified atom stereocenters. The van der Waals surface area contributed by atoms with Gasteiger partial charge in [0, 0.05) is 6.42 Å². The fourth-order valence-corrected chi connectivity index (χ4v) is 3.71. The topological polar surface area (TPSA) is 148 Å². The maximum atomic E-state index is 13.0.